The van der Waals surface area contributed by atoms with Gasteiger partial charge in [-0.05, 0) is 49.3 Å². The van der Waals surface area contributed by atoms with Crippen LogP contribution >= 0.6 is 11.6 Å². The van der Waals surface area contributed by atoms with Crippen LogP contribution in [0.5, 0.6) is 0 Å². The molecule has 0 unspecified atom stereocenters. The van der Waals surface area contributed by atoms with E-state index in [0.717, 1.165) is 18.2 Å². The normalized spacial score (nSPS) is 26.6. The fraction of sp³-hybridized carbons (Fsp3) is 0.647. The van der Waals surface area contributed by atoms with E-state index in [0.29, 0.717) is 18.1 Å². The highest BCUT2D eigenvalue weighted by atomic mass is 35.5. The Labute approximate surface area is 126 Å². The molecule has 0 atom stereocenters. The highest BCUT2D eigenvalue weighted by Crippen LogP contribution is 2.37. The van der Waals surface area contributed by atoms with E-state index < -0.39 is 0 Å². The molecule has 110 valence electrons. The molecule has 0 saturated heterocycles. The smallest absolute Gasteiger partial charge is 0.0594 e. The quantitative estimate of drug-likeness (QED) is 0.796. The minimum Gasteiger partial charge on any atom is -0.377 e. The first-order chi connectivity index (χ1) is 9.81. The fourth-order valence-corrected chi connectivity index (χ4v) is 3.56. The van der Waals surface area contributed by atoms with Crippen molar-refractivity contribution in [2.24, 2.45) is 0 Å². The Hall–Kier alpha value is -0.570. The number of hydrogen-bond acceptors (Lipinski definition) is 2. The third-order valence-electron chi connectivity index (χ3n) is 4.65. The van der Waals surface area contributed by atoms with Gasteiger partial charge in [0.25, 0.3) is 0 Å². The van der Waals surface area contributed by atoms with Crippen molar-refractivity contribution in [1.82, 2.24) is 5.32 Å². The van der Waals surface area contributed by atoms with Crippen molar-refractivity contribution in [2.45, 2.75) is 56.6 Å². The van der Waals surface area contributed by atoms with E-state index in [1.807, 2.05) is 12.1 Å². The summed E-state index contributed by atoms with van der Waals surface area (Å²) in [4.78, 5) is 0. The third kappa shape index (κ3) is 3.75. The lowest BCUT2D eigenvalue weighted by atomic mass is 9.76. The van der Waals surface area contributed by atoms with Crippen molar-refractivity contribution < 1.29 is 4.74 Å². The van der Waals surface area contributed by atoms with Gasteiger partial charge in [0.1, 0.15) is 0 Å². The van der Waals surface area contributed by atoms with Crippen LogP contribution in [0.3, 0.4) is 0 Å². The van der Waals surface area contributed by atoms with Crippen LogP contribution in [-0.4, -0.2) is 25.3 Å². The standard InChI is InChI=1S/C17H24ClNO/c18-15-5-3-4-13(10-15)14-11-16(12-14)19-8-9-20-17-6-1-2-7-17/h3-5,10,14,16-17,19H,1-2,6-9,11-12H2. The van der Waals surface area contributed by atoms with Crippen LogP contribution in [0.4, 0.5) is 0 Å². The zero-order valence-corrected chi connectivity index (χ0v) is 12.7. The first-order valence-electron chi connectivity index (χ1n) is 7.92. The molecule has 1 N–H and O–H groups in total. The summed E-state index contributed by atoms with van der Waals surface area (Å²) in [6, 6.07) is 8.95. The molecule has 0 aliphatic heterocycles. The molecule has 0 amide bonds. The topological polar surface area (TPSA) is 21.3 Å². The number of ether oxygens (including phenoxy) is 1. The Kier molecular flexibility index (Phi) is 4.98. The molecule has 2 aliphatic carbocycles. The summed E-state index contributed by atoms with van der Waals surface area (Å²) in [5, 5.41) is 4.45. The highest BCUT2D eigenvalue weighted by molar-refractivity contribution is 6.30. The predicted molar refractivity (Wildman–Crippen MR) is 83.4 cm³/mol. The monoisotopic (exact) mass is 293 g/mol. The zero-order valence-electron chi connectivity index (χ0n) is 12.0. The second-order valence-electron chi connectivity index (χ2n) is 6.15. The molecule has 0 bridgehead atoms. The molecule has 0 aromatic heterocycles. The lowest BCUT2D eigenvalue weighted by molar-refractivity contribution is 0.0571. The van der Waals surface area contributed by atoms with Crippen molar-refractivity contribution in [3.63, 3.8) is 0 Å². The van der Waals surface area contributed by atoms with Crippen molar-refractivity contribution in [3.8, 4) is 0 Å². The Morgan fingerprint density at radius 3 is 2.75 bits per heavy atom. The van der Waals surface area contributed by atoms with E-state index in [-0.39, 0.29) is 0 Å². The second-order valence-corrected chi connectivity index (χ2v) is 6.59. The maximum atomic E-state index is 6.04. The van der Waals surface area contributed by atoms with Gasteiger partial charge in [0.2, 0.25) is 0 Å². The van der Waals surface area contributed by atoms with E-state index in [1.165, 1.54) is 44.1 Å². The molecule has 1 aromatic rings. The van der Waals surface area contributed by atoms with Crippen molar-refractivity contribution >= 4 is 11.6 Å². The Morgan fingerprint density at radius 1 is 1.20 bits per heavy atom. The minimum atomic E-state index is 0.539. The summed E-state index contributed by atoms with van der Waals surface area (Å²) in [7, 11) is 0. The average Bonchev–Trinajstić information content (AvgIpc) is 2.89. The van der Waals surface area contributed by atoms with Gasteiger partial charge in [0.05, 0.1) is 12.7 Å². The number of hydrogen-bond donors (Lipinski definition) is 1. The number of nitrogens with one attached hydrogen (secondary N) is 1. The van der Waals surface area contributed by atoms with Gasteiger partial charge in [0.15, 0.2) is 0 Å². The summed E-state index contributed by atoms with van der Waals surface area (Å²) in [5.41, 5.74) is 1.39. The molecular formula is C17H24ClNO. The van der Waals surface area contributed by atoms with Crippen LogP contribution in [0.2, 0.25) is 5.02 Å². The summed E-state index contributed by atoms with van der Waals surface area (Å²) in [6.07, 6.45) is 8.22. The van der Waals surface area contributed by atoms with Crippen LogP contribution in [-0.2, 0) is 4.74 Å². The van der Waals surface area contributed by atoms with E-state index >= 15 is 0 Å². The van der Waals surface area contributed by atoms with E-state index in [9.17, 15) is 0 Å². The van der Waals surface area contributed by atoms with Crippen LogP contribution in [0.15, 0.2) is 24.3 Å². The zero-order chi connectivity index (χ0) is 13.8. The maximum Gasteiger partial charge on any atom is 0.0594 e. The molecule has 20 heavy (non-hydrogen) atoms. The van der Waals surface area contributed by atoms with Gasteiger partial charge in [-0.1, -0.05) is 36.6 Å². The van der Waals surface area contributed by atoms with Gasteiger partial charge in [-0.25, -0.2) is 0 Å². The SMILES string of the molecule is Clc1cccc(C2CC(NCCOC3CCCC3)C2)c1. The molecular weight excluding hydrogens is 270 g/mol. The van der Waals surface area contributed by atoms with Gasteiger partial charge in [-0.2, -0.15) is 0 Å². The first kappa shape index (κ1) is 14.4. The van der Waals surface area contributed by atoms with Crippen LogP contribution in [0, 0.1) is 0 Å². The van der Waals surface area contributed by atoms with Crippen molar-refractivity contribution in [3.05, 3.63) is 34.9 Å². The molecule has 3 heteroatoms. The van der Waals surface area contributed by atoms with Crippen LogP contribution in [0.1, 0.15) is 50.0 Å². The summed E-state index contributed by atoms with van der Waals surface area (Å²) in [6.45, 7) is 1.85. The number of rotatable bonds is 6. The van der Waals surface area contributed by atoms with Gasteiger partial charge in [0, 0.05) is 17.6 Å². The lowest BCUT2D eigenvalue weighted by Gasteiger charge is -2.36. The third-order valence-corrected chi connectivity index (χ3v) is 4.88. The van der Waals surface area contributed by atoms with Gasteiger partial charge in [-0.15, -0.1) is 0 Å². The summed E-state index contributed by atoms with van der Waals surface area (Å²) < 4.78 is 5.87. The molecule has 2 nitrogen and oxygen atoms in total. The van der Waals surface area contributed by atoms with Crippen LogP contribution in [0.25, 0.3) is 0 Å². The summed E-state index contributed by atoms with van der Waals surface area (Å²) >= 11 is 6.04. The number of halogens is 1. The van der Waals surface area contributed by atoms with E-state index in [2.05, 4.69) is 17.4 Å². The molecule has 0 heterocycles. The molecule has 1 aromatic carbocycles. The van der Waals surface area contributed by atoms with Gasteiger partial charge >= 0.3 is 0 Å². The molecule has 2 aliphatic rings. The Morgan fingerprint density at radius 2 is 2.00 bits per heavy atom. The highest BCUT2D eigenvalue weighted by Gasteiger charge is 2.29. The lowest BCUT2D eigenvalue weighted by Crippen LogP contribution is -2.41. The van der Waals surface area contributed by atoms with Crippen LogP contribution < -0.4 is 5.32 Å². The fourth-order valence-electron chi connectivity index (χ4n) is 3.36. The second kappa shape index (κ2) is 6.93. The molecule has 0 spiro atoms. The number of benzene rings is 1. The molecule has 2 saturated carbocycles. The molecule has 3 rings (SSSR count). The van der Waals surface area contributed by atoms with Crippen molar-refractivity contribution in [2.75, 3.05) is 13.2 Å². The van der Waals surface area contributed by atoms with E-state index in [4.69, 9.17) is 16.3 Å². The molecule has 2 fully saturated rings. The van der Waals surface area contributed by atoms with E-state index in [1.54, 1.807) is 0 Å². The van der Waals surface area contributed by atoms with Crippen molar-refractivity contribution in [1.29, 1.82) is 0 Å². The molecule has 0 radical (unpaired) electrons. The Balaban J connectivity index is 1.30. The van der Waals surface area contributed by atoms with Gasteiger partial charge in [-0.3, -0.25) is 0 Å². The summed E-state index contributed by atoms with van der Waals surface area (Å²) in [5.74, 6) is 0.682. The predicted octanol–water partition coefficient (Wildman–Crippen LogP) is 4.13. The maximum absolute atomic E-state index is 6.04. The van der Waals surface area contributed by atoms with Gasteiger partial charge < -0.3 is 10.1 Å². The first-order valence-corrected chi connectivity index (χ1v) is 8.29. The minimum absolute atomic E-state index is 0.539. The Bertz CT molecular complexity index is 425. The largest absolute Gasteiger partial charge is 0.377 e. The average molecular weight is 294 g/mol.